The van der Waals surface area contributed by atoms with Gasteiger partial charge in [-0.1, -0.05) is 36.4 Å². The van der Waals surface area contributed by atoms with Crippen molar-refractivity contribution in [1.29, 1.82) is 0 Å². The number of aromatic nitrogens is 2. The number of esters is 1. The maximum Gasteiger partial charge on any atom is 0.311 e. The normalized spacial score (nSPS) is 11.4. The topological polar surface area (TPSA) is 43.6 Å². The molecule has 0 bridgehead atoms. The van der Waals surface area contributed by atoms with Crippen LogP contribution in [0.2, 0.25) is 0 Å². The standard InChI is InChI=1S/C19H16N2O2/c1-12-6-5-9-16-18(12)14-7-3-4-8-15(14)19-20-11-13(21(16)19)10-17(22)23-2/h3-9,11H,10H2,1-2H3. The van der Waals surface area contributed by atoms with Crippen LogP contribution in [-0.2, 0) is 16.0 Å². The maximum atomic E-state index is 11.7. The van der Waals surface area contributed by atoms with Gasteiger partial charge >= 0.3 is 5.97 Å². The highest BCUT2D eigenvalue weighted by molar-refractivity contribution is 6.13. The number of carbonyl (C=O) groups excluding carboxylic acids is 1. The highest BCUT2D eigenvalue weighted by Gasteiger charge is 2.15. The molecule has 0 fully saturated rings. The predicted molar refractivity (Wildman–Crippen MR) is 90.7 cm³/mol. The molecule has 0 aliphatic carbocycles. The number of rotatable bonds is 2. The van der Waals surface area contributed by atoms with Crippen molar-refractivity contribution >= 4 is 33.3 Å². The fourth-order valence-electron chi connectivity index (χ4n) is 3.28. The van der Waals surface area contributed by atoms with E-state index in [1.807, 2.05) is 18.2 Å². The molecule has 2 heterocycles. The molecule has 114 valence electrons. The number of ether oxygens (including phenoxy) is 1. The van der Waals surface area contributed by atoms with Crippen molar-refractivity contribution in [3.63, 3.8) is 0 Å². The minimum absolute atomic E-state index is 0.207. The first-order valence-corrected chi connectivity index (χ1v) is 7.54. The minimum Gasteiger partial charge on any atom is -0.469 e. The van der Waals surface area contributed by atoms with Crippen molar-refractivity contribution in [2.24, 2.45) is 0 Å². The largest absolute Gasteiger partial charge is 0.469 e. The zero-order valence-corrected chi connectivity index (χ0v) is 13.0. The van der Waals surface area contributed by atoms with Crippen LogP contribution < -0.4 is 0 Å². The van der Waals surface area contributed by atoms with E-state index in [4.69, 9.17) is 4.74 Å². The summed E-state index contributed by atoms with van der Waals surface area (Å²) >= 11 is 0. The molecule has 23 heavy (non-hydrogen) atoms. The van der Waals surface area contributed by atoms with Crippen LogP contribution in [-0.4, -0.2) is 22.5 Å². The van der Waals surface area contributed by atoms with Crippen molar-refractivity contribution in [3.8, 4) is 0 Å². The van der Waals surface area contributed by atoms with E-state index < -0.39 is 0 Å². The Kier molecular flexibility index (Phi) is 3.05. The summed E-state index contributed by atoms with van der Waals surface area (Å²) < 4.78 is 6.89. The first-order valence-electron chi connectivity index (χ1n) is 7.54. The summed E-state index contributed by atoms with van der Waals surface area (Å²) in [5.74, 6) is -0.263. The maximum absolute atomic E-state index is 11.7. The third kappa shape index (κ3) is 1.99. The molecule has 0 amide bonds. The molecule has 0 spiro atoms. The Morgan fingerprint density at radius 2 is 1.91 bits per heavy atom. The van der Waals surface area contributed by atoms with Crippen molar-refractivity contribution in [1.82, 2.24) is 9.38 Å². The lowest BCUT2D eigenvalue weighted by Gasteiger charge is -2.12. The van der Waals surface area contributed by atoms with E-state index >= 15 is 0 Å². The van der Waals surface area contributed by atoms with Crippen LogP contribution in [0.5, 0.6) is 0 Å². The molecule has 0 N–H and O–H groups in total. The van der Waals surface area contributed by atoms with Gasteiger partial charge in [0.05, 0.1) is 24.7 Å². The van der Waals surface area contributed by atoms with Crippen LogP contribution >= 0.6 is 0 Å². The second-order valence-corrected chi connectivity index (χ2v) is 5.68. The molecule has 0 radical (unpaired) electrons. The average Bonchev–Trinajstić information content (AvgIpc) is 2.99. The Bertz CT molecular complexity index is 1060. The number of benzene rings is 2. The lowest BCUT2D eigenvalue weighted by atomic mass is 10.0. The van der Waals surface area contributed by atoms with Gasteiger partial charge in [0.1, 0.15) is 5.65 Å². The number of pyridine rings is 1. The highest BCUT2D eigenvalue weighted by atomic mass is 16.5. The fourth-order valence-corrected chi connectivity index (χ4v) is 3.28. The average molecular weight is 304 g/mol. The summed E-state index contributed by atoms with van der Waals surface area (Å²) in [6, 6.07) is 14.5. The van der Waals surface area contributed by atoms with E-state index in [1.54, 1.807) is 6.20 Å². The monoisotopic (exact) mass is 304 g/mol. The third-order valence-corrected chi connectivity index (χ3v) is 4.32. The molecule has 4 rings (SSSR count). The molecule has 0 aliphatic rings. The Hall–Kier alpha value is -2.88. The minimum atomic E-state index is -0.263. The van der Waals surface area contributed by atoms with Crippen LogP contribution in [0.4, 0.5) is 0 Å². The summed E-state index contributed by atoms with van der Waals surface area (Å²) in [5.41, 5.74) is 3.99. The zero-order valence-electron chi connectivity index (χ0n) is 13.0. The molecule has 0 unspecified atom stereocenters. The van der Waals surface area contributed by atoms with Crippen LogP contribution in [0.3, 0.4) is 0 Å². The number of aryl methyl sites for hydroxylation is 1. The zero-order chi connectivity index (χ0) is 16.0. The molecule has 4 nitrogen and oxygen atoms in total. The van der Waals surface area contributed by atoms with Crippen LogP contribution in [0.25, 0.3) is 27.3 Å². The van der Waals surface area contributed by atoms with E-state index in [1.165, 1.54) is 23.4 Å². The van der Waals surface area contributed by atoms with Gasteiger partial charge in [0, 0.05) is 17.0 Å². The van der Waals surface area contributed by atoms with Crippen molar-refractivity contribution in [3.05, 3.63) is 59.9 Å². The SMILES string of the molecule is COC(=O)Cc1cnc2c3ccccc3c3c(C)cccc3n12. The Balaban J connectivity index is 2.21. The van der Waals surface area contributed by atoms with Crippen LogP contribution in [0, 0.1) is 6.92 Å². The molecular weight excluding hydrogens is 288 g/mol. The third-order valence-electron chi connectivity index (χ3n) is 4.32. The Morgan fingerprint density at radius 3 is 2.70 bits per heavy atom. The molecule has 2 aromatic carbocycles. The first-order chi connectivity index (χ1) is 11.2. The Morgan fingerprint density at radius 1 is 1.13 bits per heavy atom. The van der Waals surface area contributed by atoms with E-state index in [9.17, 15) is 4.79 Å². The van der Waals surface area contributed by atoms with E-state index in [0.29, 0.717) is 0 Å². The van der Waals surface area contributed by atoms with Gasteiger partial charge in [0.2, 0.25) is 0 Å². The molecule has 0 atom stereocenters. The Labute approximate surface area is 133 Å². The lowest BCUT2D eigenvalue weighted by molar-refractivity contribution is -0.139. The van der Waals surface area contributed by atoms with Gasteiger partial charge in [-0.05, 0) is 23.9 Å². The molecule has 2 aromatic heterocycles. The van der Waals surface area contributed by atoms with Gasteiger partial charge in [-0.15, -0.1) is 0 Å². The smallest absolute Gasteiger partial charge is 0.311 e. The number of carbonyl (C=O) groups is 1. The number of methoxy groups -OCH3 is 1. The van der Waals surface area contributed by atoms with Gasteiger partial charge < -0.3 is 4.74 Å². The number of hydrogen-bond donors (Lipinski definition) is 0. The molecule has 0 saturated heterocycles. The molecule has 4 heteroatoms. The molecule has 0 aliphatic heterocycles. The van der Waals surface area contributed by atoms with E-state index in [0.717, 1.165) is 22.2 Å². The summed E-state index contributed by atoms with van der Waals surface area (Å²) in [4.78, 5) is 16.3. The molecular formula is C19H16N2O2. The number of imidazole rings is 1. The summed E-state index contributed by atoms with van der Waals surface area (Å²) in [6.07, 6.45) is 1.97. The van der Waals surface area contributed by atoms with Gasteiger partial charge in [0.15, 0.2) is 0 Å². The summed E-state index contributed by atoms with van der Waals surface area (Å²) in [7, 11) is 1.41. The van der Waals surface area contributed by atoms with Crippen LogP contribution in [0.1, 0.15) is 11.3 Å². The molecule has 0 saturated carbocycles. The molecule has 4 aromatic rings. The van der Waals surface area contributed by atoms with Gasteiger partial charge in [-0.25, -0.2) is 4.98 Å². The number of nitrogens with zero attached hydrogens (tertiary/aromatic N) is 2. The lowest BCUT2D eigenvalue weighted by Crippen LogP contribution is -2.07. The summed E-state index contributed by atoms with van der Waals surface area (Å²) in [6.45, 7) is 2.11. The number of hydrogen-bond acceptors (Lipinski definition) is 3. The fraction of sp³-hybridized carbons (Fsp3) is 0.158. The van der Waals surface area contributed by atoms with Crippen LogP contribution in [0.15, 0.2) is 48.7 Å². The van der Waals surface area contributed by atoms with Gasteiger partial charge in [-0.2, -0.15) is 0 Å². The second kappa shape index (κ2) is 5.09. The van der Waals surface area contributed by atoms with Gasteiger partial charge in [-0.3, -0.25) is 9.20 Å². The first kappa shape index (κ1) is 13.8. The van der Waals surface area contributed by atoms with E-state index in [-0.39, 0.29) is 12.4 Å². The van der Waals surface area contributed by atoms with Crippen molar-refractivity contribution in [2.75, 3.05) is 7.11 Å². The van der Waals surface area contributed by atoms with Crippen molar-refractivity contribution in [2.45, 2.75) is 13.3 Å². The summed E-state index contributed by atoms with van der Waals surface area (Å²) in [5, 5.41) is 3.47. The second-order valence-electron chi connectivity index (χ2n) is 5.68. The number of fused-ring (bicyclic) bond motifs is 6. The quantitative estimate of drug-likeness (QED) is 0.419. The van der Waals surface area contributed by atoms with Crippen molar-refractivity contribution < 1.29 is 9.53 Å². The van der Waals surface area contributed by atoms with E-state index in [2.05, 4.69) is 40.6 Å². The van der Waals surface area contributed by atoms with Gasteiger partial charge in [0.25, 0.3) is 0 Å². The predicted octanol–water partition coefficient (Wildman–Crippen LogP) is 3.66. The highest BCUT2D eigenvalue weighted by Crippen LogP contribution is 2.31.